The predicted molar refractivity (Wildman–Crippen MR) is 84.0 cm³/mol. The number of halogens is 1. The summed E-state index contributed by atoms with van der Waals surface area (Å²) in [7, 11) is -2.15. The number of sulfonamides is 1. The van der Waals surface area contributed by atoms with Gasteiger partial charge in [-0.3, -0.25) is 5.10 Å². The van der Waals surface area contributed by atoms with Gasteiger partial charge in [-0.25, -0.2) is 8.42 Å². The Morgan fingerprint density at radius 3 is 2.76 bits per heavy atom. The van der Waals surface area contributed by atoms with E-state index >= 15 is 0 Å². The van der Waals surface area contributed by atoms with E-state index in [4.69, 9.17) is 5.73 Å². The van der Waals surface area contributed by atoms with Crippen LogP contribution in [0, 0.1) is 6.92 Å². The molecule has 0 aliphatic rings. The van der Waals surface area contributed by atoms with E-state index in [9.17, 15) is 8.42 Å². The van der Waals surface area contributed by atoms with E-state index in [1.165, 1.54) is 11.4 Å². The number of aromatic amines is 1. The van der Waals surface area contributed by atoms with Gasteiger partial charge in [0, 0.05) is 35.9 Å². The standard InChI is InChI=1S/C13H17BrN4O2S/c1-9-12(7-15)13(17-16-9)21(19,20)18(2)8-10-4-3-5-11(14)6-10/h3-6H,7-8,15H2,1-2H3,(H,16,17). The highest BCUT2D eigenvalue weighted by Gasteiger charge is 2.27. The monoisotopic (exact) mass is 372 g/mol. The molecule has 1 aromatic heterocycles. The molecule has 0 atom stereocenters. The Balaban J connectivity index is 2.30. The Bertz CT molecular complexity index is 742. The summed E-state index contributed by atoms with van der Waals surface area (Å²) in [6.45, 7) is 2.14. The van der Waals surface area contributed by atoms with Crippen LogP contribution in [-0.4, -0.2) is 30.0 Å². The molecule has 0 fully saturated rings. The minimum absolute atomic E-state index is 0.00000295. The van der Waals surface area contributed by atoms with Crippen LogP contribution in [-0.2, 0) is 23.1 Å². The van der Waals surface area contributed by atoms with E-state index in [1.54, 1.807) is 6.92 Å². The lowest BCUT2D eigenvalue weighted by atomic mass is 10.2. The fraction of sp³-hybridized carbons (Fsp3) is 0.308. The van der Waals surface area contributed by atoms with Gasteiger partial charge in [-0.15, -0.1) is 0 Å². The van der Waals surface area contributed by atoms with Crippen LogP contribution < -0.4 is 5.73 Å². The minimum Gasteiger partial charge on any atom is -0.326 e. The third-order valence-electron chi connectivity index (χ3n) is 3.19. The minimum atomic E-state index is -3.68. The SMILES string of the molecule is Cc1[nH]nc(S(=O)(=O)N(C)Cc2cccc(Br)c2)c1CN. The Morgan fingerprint density at radius 1 is 1.43 bits per heavy atom. The second-order valence-electron chi connectivity index (χ2n) is 4.73. The van der Waals surface area contributed by atoms with Crippen molar-refractivity contribution in [3.63, 3.8) is 0 Å². The van der Waals surface area contributed by atoms with Crippen molar-refractivity contribution in [3.05, 3.63) is 45.6 Å². The summed E-state index contributed by atoms with van der Waals surface area (Å²) in [6.07, 6.45) is 0. The first kappa shape index (κ1) is 16.2. The van der Waals surface area contributed by atoms with Crippen molar-refractivity contribution in [2.45, 2.75) is 25.0 Å². The first-order chi connectivity index (χ1) is 9.86. The molecule has 0 amide bonds. The number of benzene rings is 1. The molecular formula is C13H17BrN4O2S. The number of hydrogen-bond donors (Lipinski definition) is 2. The smallest absolute Gasteiger partial charge is 0.262 e. The van der Waals surface area contributed by atoms with Gasteiger partial charge in [0.2, 0.25) is 0 Å². The van der Waals surface area contributed by atoms with Crippen LogP contribution in [0.5, 0.6) is 0 Å². The number of nitrogens with one attached hydrogen (secondary N) is 1. The third kappa shape index (κ3) is 3.34. The number of nitrogens with two attached hydrogens (primary N) is 1. The van der Waals surface area contributed by atoms with Gasteiger partial charge in [-0.05, 0) is 24.6 Å². The first-order valence-corrected chi connectivity index (χ1v) is 8.54. The zero-order valence-electron chi connectivity index (χ0n) is 11.8. The van der Waals surface area contributed by atoms with E-state index in [1.807, 2.05) is 24.3 Å². The molecule has 0 unspecified atom stereocenters. The van der Waals surface area contributed by atoms with Gasteiger partial charge in [0.25, 0.3) is 10.0 Å². The van der Waals surface area contributed by atoms with Crippen LogP contribution in [0.1, 0.15) is 16.8 Å². The molecule has 8 heteroatoms. The van der Waals surface area contributed by atoms with Crippen LogP contribution in [0.2, 0.25) is 0 Å². The number of aromatic nitrogens is 2. The molecule has 21 heavy (non-hydrogen) atoms. The molecule has 0 spiro atoms. The quantitative estimate of drug-likeness (QED) is 0.836. The summed E-state index contributed by atoms with van der Waals surface area (Å²) in [6, 6.07) is 7.51. The van der Waals surface area contributed by atoms with Crippen LogP contribution in [0.15, 0.2) is 33.8 Å². The van der Waals surface area contributed by atoms with Crippen molar-refractivity contribution in [3.8, 4) is 0 Å². The summed E-state index contributed by atoms with van der Waals surface area (Å²) in [5.74, 6) is 0. The van der Waals surface area contributed by atoms with Gasteiger partial charge in [0.1, 0.15) is 0 Å². The van der Waals surface area contributed by atoms with Crippen molar-refractivity contribution in [2.24, 2.45) is 5.73 Å². The van der Waals surface area contributed by atoms with E-state index < -0.39 is 10.0 Å². The predicted octanol–water partition coefficient (Wildman–Crippen LogP) is 1.76. The maximum atomic E-state index is 12.6. The van der Waals surface area contributed by atoms with Gasteiger partial charge >= 0.3 is 0 Å². The van der Waals surface area contributed by atoms with Crippen molar-refractivity contribution in [1.82, 2.24) is 14.5 Å². The molecule has 6 nitrogen and oxygen atoms in total. The summed E-state index contributed by atoms with van der Waals surface area (Å²) in [5, 5.41) is 6.57. The first-order valence-electron chi connectivity index (χ1n) is 6.31. The van der Waals surface area contributed by atoms with E-state index in [0.29, 0.717) is 11.3 Å². The summed E-state index contributed by atoms with van der Waals surface area (Å²) in [5.41, 5.74) is 7.70. The molecule has 0 saturated heterocycles. The zero-order valence-corrected chi connectivity index (χ0v) is 14.2. The highest BCUT2D eigenvalue weighted by Crippen LogP contribution is 2.21. The maximum absolute atomic E-state index is 12.6. The fourth-order valence-electron chi connectivity index (χ4n) is 2.01. The topological polar surface area (TPSA) is 92.1 Å². The molecule has 1 aromatic carbocycles. The van der Waals surface area contributed by atoms with E-state index in [0.717, 1.165) is 10.0 Å². The Morgan fingerprint density at radius 2 is 2.14 bits per heavy atom. The Labute approximate surface area is 132 Å². The lowest BCUT2D eigenvalue weighted by molar-refractivity contribution is 0.462. The van der Waals surface area contributed by atoms with Gasteiger partial charge in [-0.1, -0.05) is 28.1 Å². The van der Waals surface area contributed by atoms with Gasteiger partial charge in [0.15, 0.2) is 5.03 Å². The summed E-state index contributed by atoms with van der Waals surface area (Å²) >= 11 is 3.37. The molecule has 3 N–H and O–H groups in total. The highest BCUT2D eigenvalue weighted by molar-refractivity contribution is 9.10. The summed E-state index contributed by atoms with van der Waals surface area (Å²) in [4.78, 5) is 0. The Kier molecular flexibility index (Phi) is 4.82. The number of H-pyrrole nitrogens is 1. The number of aryl methyl sites for hydroxylation is 1. The molecule has 114 valence electrons. The van der Waals surface area contributed by atoms with Crippen molar-refractivity contribution >= 4 is 26.0 Å². The molecule has 0 radical (unpaired) electrons. The molecule has 1 heterocycles. The van der Waals surface area contributed by atoms with E-state index in [-0.39, 0.29) is 18.1 Å². The van der Waals surface area contributed by atoms with Crippen molar-refractivity contribution < 1.29 is 8.42 Å². The lowest BCUT2D eigenvalue weighted by Crippen LogP contribution is -2.28. The highest BCUT2D eigenvalue weighted by atomic mass is 79.9. The number of hydrogen-bond acceptors (Lipinski definition) is 4. The lowest BCUT2D eigenvalue weighted by Gasteiger charge is -2.16. The molecule has 0 aliphatic carbocycles. The maximum Gasteiger partial charge on any atom is 0.262 e. The van der Waals surface area contributed by atoms with Crippen LogP contribution in [0.25, 0.3) is 0 Å². The Hall–Kier alpha value is -1.22. The third-order valence-corrected chi connectivity index (χ3v) is 5.46. The summed E-state index contributed by atoms with van der Waals surface area (Å²) < 4.78 is 27.4. The molecule has 2 rings (SSSR count). The number of rotatable bonds is 5. The zero-order chi connectivity index (χ0) is 15.6. The average molecular weight is 373 g/mol. The molecular weight excluding hydrogens is 356 g/mol. The largest absolute Gasteiger partial charge is 0.326 e. The van der Waals surface area contributed by atoms with Gasteiger partial charge in [0.05, 0.1) is 0 Å². The van der Waals surface area contributed by atoms with Gasteiger partial charge in [-0.2, -0.15) is 9.40 Å². The number of nitrogens with zero attached hydrogens (tertiary/aromatic N) is 2. The second kappa shape index (κ2) is 6.27. The average Bonchev–Trinajstić information content (AvgIpc) is 2.80. The second-order valence-corrected chi connectivity index (χ2v) is 7.60. The van der Waals surface area contributed by atoms with Crippen LogP contribution in [0.3, 0.4) is 0 Å². The van der Waals surface area contributed by atoms with Crippen molar-refractivity contribution in [2.75, 3.05) is 7.05 Å². The molecule has 0 bridgehead atoms. The van der Waals surface area contributed by atoms with Crippen molar-refractivity contribution in [1.29, 1.82) is 0 Å². The van der Waals surface area contributed by atoms with Gasteiger partial charge < -0.3 is 5.73 Å². The van der Waals surface area contributed by atoms with Crippen LogP contribution >= 0.6 is 15.9 Å². The molecule has 0 saturated carbocycles. The normalized spacial score (nSPS) is 12.0. The fourth-order valence-corrected chi connectivity index (χ4v) is 3.78. The molecule has 0 aliphatic heterocycles. The van der Waals surface area contributed by atoms with Crippen LogP contribution in [0.4, 0.5) is 0 Å². The molecule has 2 aromatic rings. The van der Waals surface area contributed by atoms with E-state index in [2.05, 4.69) is 26.1 Å².